The lowest BCUT2D eigenvalue weighted by molar-refractivity contribution is -0.130. The fraction of sp³-hybridized carbons (Fsp3) is 0.714. The molecule has 0 radical (unpaired) electrons. The van der Waals surface area contributed by atoms with Gasteiger partial charge in [-0.3, -0.25) is 14.9 Å². The number of carbonyl (C=O) groups excluding carboxylic acids is 2. The molecule has 1 aliphatic rings. The lowest BCUT2D eigenvalue weighted by Crippen LogP contribution is -2.43. The molecule has 2 amide bonds. The third-order valence-corrected chi connectivity index (χ3v) is 2.00. The molecule has 0 spiro atoms. The number of imide groups is 1. The lowest BCUT2D eigenvalue weighted by Gasteiger charge is -2.08. The van der Waals surface area contributed by atoms with E-state index < -0.39 is 5.91 Å². The Morgan fingerprint density at radius 2 is 2.33 bits per heavy atom. The molecule has 0 aliphatic carbocycles. The van der Waals surface area contributed by atoms with Gasteiger partial charge in [0.05, 0.1) is 6.04 Å². The first kappa shape index (κ1) is 9.48. The molecule has 1 atom stereocenters. The van der Waals surface area contributed by atoms with Crippen molar-refractivity contribution in [3.05, 3.63) is 0 Å². The zero-order valence-electron chi connectivity index (χ0n) is 6.60. The van der Waals surface area contributed by atoms with Crippen molar-refractivity contribution >= 4 is 23.4 Å². The molecule has 2 N–H and O–H groups in total. The van der Waals surface area contributed by atoms with Crippen LogP contribution in [0, 0.1) is 0 Å². The Balaban J connectivity index is 2.32. The quantitative estimate of drug-likeness (QED) is 0.584. The van der Waals surface area contributed by atoms with E-state index in [0.717, 1.165) is 19.4 Å². The van der Waals surface area contributed by atoms with E-state index in [1.807, 2.05) is 0 Å². The van der Waals surface area contributed by atoms with Gasteiger partial charge < -0.3 is 5.32 Å². The standard InChI is InChI=1S/C7H11ClN2O2/c8-4-6(11)10-7(12)5-2-1-3-9-5/h5,9H,1-4H2,(H,10,11,12)/t5-/m1/s1. The van der Waals surface area contributed by atoms with Crippen molar-refractivity contribution in [2.75, 3.05) is 12.4 Å². The van der Waals surface area contributed by atoms with Crippen LogP contribution in [0.3, 0.4) is 0 Å². The number of alkyl halides is 1. The minimum absolute atomic E-state index is 0.168. The molecule has 0 aromatic carbocycles. The molecule has 1 heterocycles. The van der Waals surface area contributed by atoms with Crippen molar-refractivity contribution in [2.45, 2.75) is 18.9 Å². The molecule has 1 saturated heterocycles. The van der Waals surface area contributed by atoms with Crippen molar-refractivity contribution in [1.82, 2.24) is 10.6 Å². The first-order valence-corrected chi connectivity index (χ1v) is 4.40. The predicted octanol–water partition coefficient (Wildman–Crippen LogP) is -0.380. The summed E-state index contributed by atoms with van der Waals surface area (Å²) >= 11 is 5.22. The summed E-state index contributed by atoms with van der Waals surface area (Å²) in [7, 11) is 0. The second-order valence-electron chi connectivity index (χ2n) is 2.69. The van der Waals surface area contributed by atoms with Crippen LogP contribution in [0.1, 0.15) is 12.8 Å². The van der Waals surface area contributed by atoms with E-state index >= 15 is 0 Å². The highest BCUT2D eigenvalue weighted by molar-refractivity contribution is 6.28. The summed E-state index contributed by atoms with van der Waals surface area (Å²) in [4.78, 5) is 21.8. The van der Waals surface area contributed by atoms with Crippen molar-refractivity contribution in [3.8, 4) is 0 Å². The first-order valence-electron chi connectivity index (χ1n) is 3.87. The molecule has 0 aromatic heterocycles. The Hall–Kier alpha value is -0.610. The van der Waals surface area contributed by atoms with Crippen LogP contribution in [0.25, 0.3) is 0 Å². The summed E-state index contributed by atoms with van der Waals surface area (Å²) < 4.78 is 0. The van der Waals surface area contributed by atoms with Crippen LogP contribution in [0.5, 0.6) is 0 Å². The number of amides is 2. The zero-order chi connectivity index (χ0) is 8.97. The van der Waals surface area contributed by atoms with Gasteiger partial charge in [-0.25, -0.2) is 0 Å². The lowest BCUT2D eigenvalue weighted by atomic mass is 10.2. The smallest absolute Gasteiger partial charge is 0.243 e. The van der Waals surface area contributed by atoms with Crippen molar-refractivity contribution in [1.29, 1.82) is 0 Å². The van der Waals surface area contributed by atoms with Gasteiger partial charge >= 0.3 is 0 Å². The molecule has 0 aromatic rings. The largest absolute Gasteiger partial charge is 0.306 e. The second kappa shape index (κ2) is 4.42. The predicted molar refractivity (Wildman–Crippen MR) is 44.9 cm³/mol. The molecule has 5 heteroatoms. The summed E-state index contributed by atoms with van der Waals surface area (Å²) in [6, 6.07) is -0.211. The maximum absolute atomic E-state index is 11.2. The number of nitrogens with one attached hydrogen (secondary N) is 2. The number of rotatable bonds is 2. The minimum Gasteiger partial charge on any atom is -0.306 e. The normalized spacial score (nSPS) is 22.2. The van der Waals surface area contributed by atoms with Crippen LogP contribution in [0.15, 0.2) is 0 Å². The Labute approximate surface area is 75.6 Å². The van der Waals surface area contributed by atoms with Crippen LogP contribution in [0.2, 0.25) is 0 Å². The van der Waals surface area contributed by atoms with Gasteiger partial charge in [-0.2, -0.15) is 0 Å². The summed E-state index contributed by atoms with van der Waals surface area (Å²) in [5, 5.41) is 5.18. The van der Waals surface area contributed by atoms with Gasteiger partial charge in [0.25, 0.3) is 0 Å². The van der Waals surface area contributed by atoms with E-state index in [4.69, 9.17) is 11.6 Å². The SMILES string of the molecule is O=C(CCl)NC(=O)[C@H]1CCCN1. The molecule has 0 saturated carbocycles. The van der Waals surface area contributed by atoms with Crippen LogP contribution >= 0.6 is 11.6 Å². The van der Waals surface area contributed by atoms with E-state index in [1.54, 1.807) is 0 Å². The Kier molecular flexibility index (Phi) is 3.49. The summed E-state index contributed by atoms with van der Waals surface area (Å²) in [5.41, 5.74) is 0. The average molecular weight is 191 g/mol. The molecule has 0 bridgehead atoms. The maximum Gasteiger partial charge on any atom is 0.243 e. The number of halogens is 1. The molecule has 1 fully saturated rings. The van der Waals surface area contributed by atoms with E-state index in [1.165, 1.54) is 0 Å². The number of hydrogen-bond donors (Lipinski definition) is 2. The molecular weight excluding hydrogens is 180 g/mol. The topological polar surface area (TPSA) is 58.2 Å². The number of carbonyl (C=O) groups is 2. The third kappa shape index (κ3) is 2.46. The third-order valence-electron chi connectivity index (χ3n) is 1.76. The monoisotopic (exact) mass is 190 g/mol. The fourth-order valence-corrected chi connectivity index (χ4v) is 1.23. The highest BCUT2D eigenvalue weighted by atomic mass is 35.5. The molecule has 1 aliphatic heterocycles. The Morgan fingerprint density at radius 1 is 1.58 bits per heavy atom. The van der Waals surface area contributed by atoms with Gasteiger partial charge in [0.1, 0.15) is 5.88 Å². The van der Waals surface area contributed by atoms with E-state index in [9.17, 15) is 9.59 Å². The molecule has 12 heavy (non-hydrogen) atoms. The molecule has 0 unspecified atom stereocenters. The average Bonchev–Trinajstić information content (AvgIpc) is 2.56. The van der Waals surface area contributed by atoms with Gasteiger partial charge in [0, 0.05) is 0 Å². The zero-order valence-corrected chi connectivity index (χ0v) is 7.36. The van der Waals surface area contributed by atoms with Crippen molar-refractivity contribution < 1.29 is 9.59 Å². The van der Waals surface area contributed by atoms with Crippen LogP contribution in [0.4, 0.5) is 0 Å². The minimum atomic E-state index is -0.435. The molecular formula is C7H11ClN2O2. The van der Waals surface area contributed by atoms with E-state index in [-0.39, 0.29) is 17.8 Å². The van der Waals surface area contributed by atoms with E-state index in [2.05, 4.69) is 10.6 Å². The molecule has 4 nitrogen and oxygen atoms in total. The summed E-state index contributed by atoms with van der Waals surface area (Å²) in [5.74, 6) is -0.869. The molecule has 1 rings (SSSR count). The highest BCUT2D eigenvalue weighted by Gasteiger charge is 2.22. The van der Waals surface area contributed by atoms with Crippen LogP contribution in [-0.4, -0.2) is 30.3 Å². The maximum atomic E-state index is 11.2. The van der Waals surface area contributed by atoms with Gasteiger partial charge in [0.2, 0.25) is 11.8 Å². The van der Waals surface area contributed by atoms with Crippen molar-refractivity contribution in [3.63, 3.8) is 0 Å². The fourth-order valence-electron chi connectivity index (χ4n) is 1.17. The first-order chi connectivity index (χ1) is 5.74. The van der Waals surface area contributed by atoms with Crippen LogP contribution < -0.4 is 10.6 Å². The van der Waals surface area contributed by atoms with Crippen molar-refractivity contribution in [2.24, 2.45) is 0 Å². The van der Waals surface area contributed by atoms with Crippen LogP contribution in [-0.2, 0) is 9.59 Å². The van der Waals surface area contributed by atoms with Gasteiger partial charge in [-0.05, 0) is 19.4 Å². The Bertz CT molecular complexity index is 190. The van der Waals surface area contributed by atoms with Gasteiger partial charge in [-0.1, -0.05) is 0 Å². The number of hydrogen-bond acceptors (Lipinski definition) is 3. The second-order valence-corrected chi connectivity index (χ2v) is 2.96. The highest BCUT2D eigenvalue weighted by Crippen LogP contribution is 2.04. The summed E-state index contributed by atoms with van der Waals surface area (Å²) in [6.45, 7) is 0.840. The van der Waals surface area contributed by atoms with E-state index in [0.29, 0.717) is 0 Å². The summed E-state index contributed by atoms with van der Waals surface area (Å²) in [6.07, 6.45) is 1.77. The van der Waals surface area contributed by atoms with Gasteiger partial charge in [-0.15, -0.1) is 11.6 Å². The molecule has 68 valence electrons. The van der Waals surface area contributed by atoms with Gasteiger partial charge in [0.15, 0.2) is 0 Å². The Morgan fingerprint density at radius 3 is 2.83 bits per heavy atom.